The Morgan fingerprint density at radius 1 is 1.30 bits per heavy atom. The molecule has 2 aliphatic rings. The Kier molecular flexibility index (Phi) is 6.02. The standard InChI is InChI=1S/C18H25N5O4/c1-21(2)15(25)11-22-6-8-23(9-7-22)18(26)17-16(20-14(24)12-27-17)13-4-3-5-19-10-13/h3-5,10,16-17H,6-9,11-12H2,1-2H3,(H,20,24)/t16-,17+/m1/s1. The summed E-state index contributed by atoms with van der Waals surface area (Å²) in [6.45, 7) is 2.51. The van der Waals surface area contributed by atoms with Gasteiger partial charge in [0.05, 0.1) is 12.6 Å². The number of hydrogen-bond donors (Lipinski definition) is 1. The molecule has 1 aromatic rings. The van der Waals surface area contributed by atoms with Crippen LogP contribution in [0.5, 0.6) is 0 Å². The van der Waals surface area contributed by atoms with Gasteiger partial charge >= 0.3 is 0 Å². The molecule has 146 valence electrons. The van der Waals surface area contributed by atoms with Gasteiger partial charge in [-0.1, -0.05) is 6.07 Å². The van der Waals surface area contributed by atoms with E-state index in [0.717, 1.165) is 5.56 Å². The van der Waals surface area contributed by atoms with Gasteiger partial charge in [0.15, 0.2) is 6.10 Å². The predicted molar refractivity (Wildman–Crippen MR) is 96.6 cm³/mol. The number of rotatable bonds is 4. The van der Waals surface area contributed by atoms with Crippen LogP contribution < -0.4 is 5.32 Å². The minimum atomic E-state index is -0.776. The third kappa shape index (κ3) is 4.61. The average molecular weight is 375 g/mol. The van der Waals surface area contributed by atoms with E-state index < -0.39 is 12.1 Å². The third-order valence-corrected chi connectivity index (χ3v) is 4.84. The van der Waals surface area contributed by atoms with Crippen LogP contribution in [0.25, 0.3) is 0 Å². The molecule has 0 aliphatic carbocycles. The average Bonchev–Trinajstić information content (AvgIpc) is 2.68. The van der Waals surface area contributed by atoms with Crippen molar-refractivity contribution in [3.8, 4) is 0 Å². The minimum Gasteiger partial charge on any atom is -0.356 e. The van der Waals surface area contributed by atoms with E-state index in [1.165, 1.54) is 0 Å². The van der Waals surface area contributed by atoms with Crippen LogP contribution in [-0.2, 0) is 19.1 Å². The first-order valence-corrected chi connectivity index (χ1v) is 8.98. The lowest BCUT2D eigenvalue weighted by atomic mass is 10.00. The van der Waals surface area contributed by atoms with Gasteiger partial charge in [-0.2, -0.15) is 0 Å². The van der Waals surface area contributed by atoms with Gasteiger partial charge in [-0.25, -0.2) is 0 Å². The molecule has 0 aromatic carbocycles. The molecule has 3 heterocycles. The highest BCUT2D eigenvalue weighted by Crippen LogP contribution is 2.24. The molecule has 0 bridgehead atoms. The van der Waals surface area contributed by atoms with E-state index in [1.807, 2.05) is 11.0 Å². The van der Waals surface area contributed by atoms with E-state index in [9.17, 15) is 14.4 Å². The summed E-state index contributed by atoms with van der Waals surface area (Å²) in [6.07, 6.45) is 2.49. The molecule has 0 radical (unpaired) electrons. The van der Waals surface area contributed by atoms with Crippen molar-refractivity contribution < 1.29 is 19.1 Å². The van der Waals surface area contributed by atoms with Crippen LogP contribution in [0.1, 0.15) is 11.6 Å². The number of hydrogen-bond acceptors (Lipinski definition) is 6. The molecule has 0 spiro atoms. The van der Waals surface area contributed by atoms with Crippen LogP contribution in [0.4, 0.5) is 0 Å². The second-order valence-corrected chi connectivity index (χ2v) is 6.95. The SMILES string of the molecule is CN(C)C(=O)CN1CCN(C(=O)[C@H]2OCC(=O)N[C@@H]2c2cccnc2)CC1. The fourth-order valence-electron chi connectivity index (χ4n) is 3.22. The molecule has 2 fully saturated rings. The van der Waals surface area contributed by atoms with Crippen molar-refractivity contribution in [3.05, 3.63) is 30.1 Å². The van der Waals surface area contributed by atoms with Crippen molar-refractivity contribution in [1.82, 2.24) is 25.0 Å². The summed E-state index contributed by atoms with van der Waals surface area (Å²) >= 11 is 0. The number of amides is 3. The second kappa shape index (κ2) is 8.45. The van der Waals surface area contributed by atoms with E-state index >= 15 is 0 Å². The molecule has 0 unspecified atom stereocenters. The molecule has 2 aliphatic heterocycles. The van der Waals surface area contributed by atoms with Gasteiger partial charge in [-0.05, 0) is 11.6 Å². The lowest BCUT2D eigenvalue weighted by Gasteiger charge is -2.39. The molecule has 2 atom stereocenters. The zero-order chi connectivity index (χ0) is 19.4. The van der Waals surface area contributed by atoms with Crippen molar-refractivity contribution in [3.63, 3.8) is 0 Å². The van der Waals surface area contributed by atoms with E-state index in [-0.39, 0.29) is 24.3 Å². The van der Waals surface area contributed by atoms with Gasteiger partial charge in [0.1, 0.15) is 6.61 Å². The first-order chi connectivity index (χ1) is 13.0. The molecule has 1 N–H and O–H groups in total. The molecular formula is C18H25N5O4. The largest absolute Gasteiger partial charge is 0.356 e. The minimum absolute atomic E-state index is 0.0461. The van der Waals surface area contributed by atoms with Crippen molar-refractivity contribution >= 4 is 17.7 Å². The number of piperazine rings is 1. The summed E-state index contributed by atoms with van der Waals surface area (Å²) in [4.78, 5) is 46.0. The maximum Gasteiger partial charge on any atom is 0.254 e. The highest BCUT2D eigenvalue weighted by atomic mass is 16.5. The fraction of sp³-hybridized carbons (Fsp3) is 0.556. The number of likely N-dealkylation sites (N-methyl/N-ethyl adjacent to an activating group) is 1. The number of morpholine rings is 1. The van der Waals surface area contributed by atoms with Gasteiger partial charge in [0.25, 0.3) is 5.91 Å². The number of ether oxygens (including phenoxy) is 1. The van der Waals surface area contributed by atoms with Crippen LogP contribution in [0.15, 0.2) is 24.5 Å². The van der Waals surface area contributed by atoms with Crippen LogP contribution in [0.2, 0.25) is 0 Å². The van der Waals surface area contributed by atoms with Gasteiger partial charge < -0.3 is 19.9 Å². The molecule has 3 rings (SSSR count). The smallest absolute Gasteiger partial charge is 0.254 e. The number of pyridine rings is 1. The van der Waals surface area contributed by atoms with Gasteiger partial charge in [0.2, 0.25) is 11.8 Å². The van der Waals surface area contributed by atoms with Crippen LogP contribution in [0, 0.1) is 0 Å². The normalized spacial score (nSPS) is 23.6. The summed E-state index contributed by atoms with van der Waals surface area (Å²) < 4.78 is 5.59. The Hall–Kier alpha value is -2.52. The van der Waals surface area contributed by atoms with E-state index in [4.69, 9.17) is 4.74 Å². The fourth-order valence-corrected chi connectivity index (χ4v) is 3.22. The first kappa shape index (κ1) is 19.2. The maximum absolute atomic E-state index is 13.0. The zero-order valence-electron chi connectivity index (χ0n) is 15.6. The molecule has 2 saturated heterocycles. The maximum atomic E-state index is 13.0. The first-order valence-electron chi connectivity index (χ1n) is 8.98. The Balaban J connectivity index is 1.63. The van der Waals surface area contributed by atoms with Crippen LogP contribution in [0.3, 0.4) is 0 Å². The second-order valence-electron chi connectivity index (χ2n) is 6.95. The Morgan fingerprint density at radius 2 is 2.04 bits per heavy atom. The Bertz CT molecular complexity index is 688. The predicted octanol–water partition coefficient (Wildman–Crippen LogP) is -1.13. The summed E-state index contributed by atoms with van der Waals surface area (Å²) in [7, 11) is 3.46. The highest BCUT2D eigenvalue weighted by Gasteiger charge is 2.39. The topological polar surface area (TPSA) is 95.1 Å². The lowest BCUT2D eigenvalue weighted by Crippen LogP contribution is -2.57. The van der Waals surface area contributed by atoms with Crippen molar-refractivity contribution in [2.75, 3.05) is 53.4 Å². The highest BCUT2D eigenvalue weighted by molar-refractivity contribution is 5.86. The summed E-state index contributed by atoms with van der Waals surface area (Å²) in [5, 5.41) is 2.84. The van der Waals surface area contributed by atoms with E-state index in [1.54, 1.807) is 42.4 Å². The zero-order valence-corrected chi connectivity index (χ0v) is 15.6. The monoisotopic (exact) mass is 375 g/mol. The van der Waals surface area contributed by atoms with Crippen molar-refractivity contribution in [2.24, 2.45) is 0 Å². The molecular weight excluding hydrogens is 350 g/mol. The van der Waals surface area contributed by atoms with Crippen molar-refractivity contribution in [2.45, 2.75) is 12.1 Å². The molecule has 1 aromatic heterocycles. The Morgan fingerprint density at radius 3 is 2.67 bits per heavy atom. The number of nitrogens with one attached hydrogen (secondary N) is 1. The molecule has 27 heavy (non-hydrogen) atoms. The molecule has 3 amide bonds. The molecule has 9 nitrogen and oxygen atoms in total. The summed E-state index contributed by atoms with van der Waals surface area (Å²) in [5.74, 6) is -0.355. The van der Waals surface area contributed by atoms with Crippen molar-refractivity contribution in [1.29, 1.82) is 0 Å². The number of aromatic nitrogens is 1. The molecule has 9 heteroatoms. The van der Waals surface area contributed by atoms with Gasteiger partial charge in [-0.3, -0.25) is 24.3 Å². The van der Waals surface area contributed by atoms with E-state index in [0.29, 0.717) is 32.7 Å². The Labute approximate surface area is 158 Å². The number of carbonyl (C=O) groups is 3. The third-order valence-electron chi connectivity index (χ3n) is 4.84. The van der Waals surface area contributed by atoms with E-state index in [2.05, 4.69) is 10.3 Å². The summed E-state index contributed by atoms with van der Waals surface area (Å²) in [6, 6.07) is 3.02. The molecule has 0 saturated carbocycles. The van der Waals surface area contributed by atoms with Gasteiger partial charge in [0, 0.05) is 52.7 Å². The lowest BCUT2D eigenvalue weighted by molar-refractivity contribution is -0.156. The quantitative estimate of drug-likeness (QED) is 0.716. The summed E-state index contributed by atoms with van der Waals surface area (Å²) in [5.41, 5.74) is 0.735. The van der Waals surface area contributed by atoms with Crippen LogP contribution >= 0.6 is 0 Å². The van der Waals surface area contributed by atoms with Gasteiger partial charge in [-0.15, -0.1) is 0 Å². The number of carbonyl (C=O) groups excluding carboxylic acids is 3. The number of nitrogens with zero attached hydrogens (tertiary/aromatic N) is 4. The van der Waals surface area contributed by atoms with Crippen LogP contribution in [-0.4, -0.2) is 96.9 Å².